The van der Waals surface area contributed by atoms with E-state index >= 15 is 0 Å². The van der Waals surface area contributed by atoms with Crippen LogP contribution in [-0.4, -0.2) is 17.5 Å². The van der Waals surface area contributed by atoms with Crippen molar-refractivity contribution in [3.8, 4) is 0 Å². The quantitative estimate of drug-likeness (QED) is 0.550. The van der Waals surface area contributed by atoms with Crippen molar-refractivity contribution in [2.24, 2.45) is 0 Å². The fourth-order valence-electron chi connectivity index (χ4n) is 1.51. The van der Waals surface area contributed by atoms with Gasteiger partial charge in [-0.05, 0) is 12.1 Å². The average molecular weight is 228 g/mol. The van der Waals surface area contributed by atoms with E-state index in [1.165, 1.54) is 23.8 Å². The van der Waals surface area contributed by atoms with E-state index in [9.17, 15) is 9.59 Å². The Labute approximate surface area is 96.7 Å². The summed E-state index contributed by atoms with van der Waals surface area (Å²) in [5, 5.41) is 0. The van der Waals surface area contributed by atoms with Gasteiger partial charge in [0.2, 0.25) is 5.69 Å². The van der Waals surface area contributed by atoms with Gasteiger partial charge < -0.3 is 4.74 Å². The number of hydrogen-bond acceptors (Lipinski definition) is 3. The Morgan fingerprint density at radius 1 is 1.41 bits per heavy atom. The molecule has 0 spiro atoms. The second-order valence-corrected chi connectivity index (χ2v) is 3.37. The summed E-state index contributed by atoms with van der Waals surface area (Å²) in [5.74, 6) is -0.557. The van der Waals surface area contributed by atoms with Crippen LogP contribution in [0.15, 0.2) is 35.3 Å². The van der Waals surface area contributed by atoms with Gasteiger partial charge in [0.25, 0.3) is 5.56 Å². The Balaban J connectivity index is 2.73. The molecule has 0 aliphatic rings. The van der Waals surface area contributed by atoms with Gasteiger partial charge in [-0.3, -0.25) is 9.20 Å². The van der Waals surface area contributed by atoms with Crippen LogP contribution in [0.3, 0.4) is 0 Å². The smallest absolute Gasteiger partial charge is 0.338 e. The molecule has 5 nitrogen and oxygen atoms in total. The number of ether oxygens (including phenoxy) is 1. The highest BCUT2D eigenvalue weighted by Gasteiger charge is 2.08. The summed E-state index contributed by atoms with van der Waals surface area (Å²) < 4.78 is 5.87. The number of pyridine rings is 2. The summed E-state index contributed by atoms with van der Waals surface area (Å²) in [6, 6.07) is 5.93. The Morgan fingerprint density at radius 2 is 2.18 bits per heavy atom. The van der Waals surface area contributed by atoms with Crippen LogP contribution < -0.4 is 5.56 Å². The summed E-state index contributed by atoms with van der Waals surface area (Å²) in [4.78, 5) is 26.3. The number of rotatable bonds is 1. The minimum absolute atomic E-state index is 0.202. The first kappa shape index (κ1) is 10.9. The van der Waals surface area contributed by atoms with Crippen molar-refractivity contribution in [3.63, 3.8) is 0 Å². The maximum Gasteiger partial charge on any atom is 0.338 e. The van der Waals surface area contributed by atoms with Crippen LogP contribution in [0, 0.1) is 6.57 Å². The fraction of sp³-hybridized carbons (Fsp3) is 0.0833. The first-order chi connectivity index (χ1) is 8.15. The molecule has 2 aromatic heterocycles. The van der Waals surface area contributed by atoms with Gasteiger partial charge in [-0.15, -0.1) is 0 Å². The minimum Gasteiger partial charge on any atom is -0.465 e. The molecule has 0 fully saturated rings. The molecule has 0 aliphatic heterocycles. The largest absolute Gasteiger partial charge is 0.465 e. The van der Waals surface area contributed by atoms with Gasteiger partial charge in [0.15, 0.2) is 0 Å². The predicted octanol–water partition coefficient (Wildman–Crippen LogP) is 1.64. The van der Waals surface area contributed by atoms with E-state index in [4.69, 9.17) is 6.57 Å². The maximum absolute atomic E-state index is 11.7. The Morgan fingerprint density at radius 3 is 2.82 bits per heavy atom. The van der Waals surface area contributed by atoms with Gasteiger partial charge in [-0.1, -0.05) is 6.07 Å². The Bertz CT molecular complexity index is 695. The van der Waals surface area contributed by atoms with Gasteiger partial charge in [-0.25, -0.2) is 9.64 Å². The normalized spacial score (nSPS) is 9.88. The van der Waals surface area contributed by atoms with Crippen LogP contribution in [0.2, 0.25) is 0 Å². The van der Waals surface area contributed by atoms with E-state index in [2.05, 4.69) is 9.58 Å². The molecule has 17 heavy (non-hydrogen) atoms. The molecule has 84 valence electrons. The molecule has 0 amide bonds. The van der Waals surface area contributed by atoms with Crippen LogP contribution in [0.5, 0.6) is 0 Å². The number of nitrogens with zero attached hydrogens (tertiary/aromatic N) is 2. The van der Waals surface area contributed by atoms with Crippen LogP contribution in [0.1, 0.15) is 10.4 Å². The Hall–Kier alpha value is -2.61. The van der Waals surface area contributed by atoms with E-state index in [1.807, 2.05) is 0 Å². The molecule has 0 saturated carbocycles. The molecule has 0 saturated heterocycles. The van der Waals surface area contributed by atoms with Gasteiger partial charge in [0.1, 0.15) is 0 Å². The zero-order valence-electron chi connectivity index (χ0n) is 9.01. The SMILES string of the molecule is [C-]#[N+]c1ccc2cc(C(=O)OC)cc(=O)n2c1. The van der Waals surface area contributed by atoms with Crippen molar-refractivity contribution in [1.82, 2.24) is 4.40 Å². The number of aromatic nitrogens is 1. The predicted molar refractivity (Wildman–Crippen MR) is 61.3 cm³/mol. The van der Waals surface area contributed by atoms with Crippen molar-refractivity contribution >= 4 is 17.2 Å². The molecule has 0 aliphatic carbocycles. The molecular weight excluding hydrogens is 220 g/mol. The molecule has 0 bridgehead atoms. The van der Waals surface area contributed by atoms with Crippen molar-refractivity contribution in [1.29, 1.82) is 0 Å². The van der Waals surface area contributed by atoms with E-state index in [-0.39, 0.29) is 11.1 Å². The highest BCUT2D eigenvalue weighted by Crippen LogP contribution is 2.13. The topological polar surface area (TPSA) is 52.1 Å². The zero-order chi connectivity index (χ0) is 12.4. The van der Waals surface area contributed by atoms with Crippen molar-refractivity contribution in [2.45, 2.75) is 0 Å². The first-order valence-corrected chi connectivity index (χ1v) is 4.78. The lowest BCUT2D eigenvalue weighted by Gasteiger charge is -2.03. The van der Waals surface area contributed by atoms with Crippen molar-refractivity contribution in [3.05, 3.63) is 57.8 Å². The number of methoxy groups -OCH3 is 1. The molecule has 2 rings (SSSR count). The third-order valence-corrected chi connectivity index (χ3v) is 2.33. The zero-order valence-corrected chi connectivity index (χ0v) is 9.01. The molecule has 2 heterocycles. The number of hydrogen-bond donors (Lipinski definition) is 0. The van der Waals surface area contributed by atoms with Crippen molar-refractivity contribution in [2.75, 3.05) is 7.11 Å². The highest BCUT2D eigenvalue weighted by molar-refractivity contribution is 5.90. The highest BCUT2D eigenvalue weighted by atomic mass is 16.5. The van der Waals surface area contributed by atoms with Crippen molar-refractivity contribution < 1.29 is 9.53 Å². The summed E-state index contributed by atoms with van der Waals surface area (Å²) >= 11 is 0. The number of fused-ring (bicyclic) bond motifs is 1. The molecular formula is C12H8N2O3. The minimum atomic E-state index is -0.557. The Kier molecular flexibility index (Phi) is 2.63. The first-order valence-electron chi connectivity index (χ1n) is 4.78. The molecule has 5 heteroatoms. The second kappa shape index (κ2) is 4.10. The monoisotopic (exact) mass is 228 g/mol. The van der Waals surface area contributed by atoms with Gasteiger partial charge in [0.05, 0.1) is 19.2 Å². The fourth-order valence-corrected chi connectivity index (χ4v) is 1.51. The average Bonchev–Trinajstić information content (AvgIpc) is 2.37. The lowest BCUT2D eigenvalue weighted by atomic mass is 10.2. The standard InChI is InChI=1S/C12H8N2O3/c1-13-9-3-4-10-5-8(12(16)17-2)6-11(15)14(10)7-9/h3-7H,2H3. The number of carbonyl (C=O) groups excluding carboxylic acids is 1. The summed E-state index contributed by atoms with van der Waals surface area (Å²) in [6.45, 7) is 6.87. The summed E-state index contributed by atoms with van der Waals surface area (Å²) in [7, 11) is 1.26. The van der Waals surface area contributed by atoms with E-state index in [1.54, 1.807) is 18.2 Å². The lowest BCUT2D eigenvalue weighted by Crippen LogP contribution is -2.15. The maximum atomic E-state index is 11.7. The molecule has 0 atom stereocenters. The van der Waals surface area contributed by atoms with Crippen LogP contribution in [0.4, 0.5) is 5.69 Å². The summed E-state index contributed by atoms with van der Waals surface area (Å²) in [5.41, 5.74) is 0.747. The third-order valence-electron chi connectivity index (χ3n) is 2.33. The molecule has 0 N–H and O–H groups in total. The number of carbonyl (C=O) groups is 1. The summed E-state index contributed by atoms with van der Waals surface area (Å²) in [6.07, 6.45) is 1.44. The second-order valence-electron chi connectivity index (χ2n) is 3.37. The van der Waals surface area contributed by atoms with Gasteiger partial charge in [-0.2, -0.15) is 0 Å². The molecule has 0 radical (unpaired) electrons. The van der Waals surface area contributed by atoms with Crippen LogP contribution in [-0.2, 0) is 4.74 Å². The van der Waals surface area contributed by atoms with E-state index in [0.717, 1.165) is 0 Å². The molecule has 0 unspecified atom stereocenters. The lowest BCUT2D eigenvalue weighted by molar-refractivity contribution is 0.0600. The molecule has 2 aromatic rings. The number of esters is 1. The van der Waals surface area contributed by atoms with Crippen LogP contribution >= 0.6 is 0 Å². The third kappa shape index (κ3) is 1.88. The van der Waals surface area contributed by atoms with E-state index < -0.39 is 5.97 Å². The van der Waals surface area contributed by atoms with E-state index in [0.29, 0.717) is 11.2 Å². The van der Waals surface area contributed by atoms with Gasteiger partial charge in [0, 0.05) is 17.8 Å². The molecule has 0 aromatic carbocycles. The van der Waals surface area contributed by atoms with Crippen LogP contribution in [0.25, 0.3) is 10.4 Å². The van der Waals surface area contributed by atoms with Gasteiger partial charge >= 0.3 is 5.97 Å².